The van der Waals surface area contributed by atoms with Crippen LogP contribution in [0.15, 0.2) is 53.0 Å². The molecule has 1 aromatic heterocycles. The van der Waals surface area contributed by atoms with Crippen molar-refractivity contribution in [3.8, 4) is 11.3 Å². The highest BCUT2D eigenvalue weighted by Crippen LogP contribution is 2.21. The number of nitrogens with zero attached hydrogens (tertiary/aromatic N) is 2. The summed E-state index contributed by atoms with van der Waals surface area (Å²) in [6.07, 6.45) is 0. The molecule has 2 N–H and O–H groups in total. The second-order valence-electron chi connectivity index (χ2n) is 6.34. The normalized spacial score (nSPS) is 10.6. The Balaban J connectivity index is 1.64. The Bertz CT molecular complexity index is 1020. The molecule has 0 atom stereocenters. The van der Waals surface area contributed by atoms with E-state index in [9.17, 15) is 9.59 Å². The smallest absolute Gasteiger partial charge is 0.272 e. The second kappa shape index (κ2) is 8.58. The third-order valence-corrected chi connectivity index (χ3v) is 4.88. The summed E-state index contributed by atoms with van der Waals surface area (Å²) in [5, 5.41) is 10.3. The molecule has 0 spiro atoms. The number of hydrogen-bond acceptors (Lipinski definition) is 3. The summed E-state index contributed by atoms with van der Waals surface area (Å²) in [6.45, 7) is 1.82. The van der Waals surface area contributed by atoms with Crippen LogP contribution in [0.3, 0.4) is 0 Å². The summed E-state index contributed by atoms with van der Waals surface area (Å²) >= 11 is 9.28. The predicted octanol–water partition coefficient (Wildman–Crippen LogP) is 4.51. The Kier molecular flexibility index (Phi) is 6.16. The van der Waals surface area contributed by atoms with Crippen LogP contribution in [0.25, 0.3) is 11.3 Å². The Morgan fingerprint density at radius 1 is 1.18 bits per heavy atom. The van der Waals surface area contributed by atoms with Gasteiger partial charge in [-0.3, -0.25) is 14.7 Å². The van der Waals surface area contributed by atoms with Gasteiger partial charge in [0.2, 0.25) is 5.91 Å². The van der Waals surface area contributed by atoms with Crippen LogP contribution in [0.4, 0.5) is 5.69 Å². The number of anilines is 1. The lowest BCUT2D eigenvalue weighted by Crippen LogP contribution is -2.35. The first-order valence-electron chi connectivity index (χ1n) is 8.46. The van der Waals surface area contributed by atoms with Crippen LogP contribution >= 0.6 is 27.5 Å². The number of rotatable bonds is 5. The largest absolute Gasteiger partial charge is 0.331 e. The van der Waals surface area contributed by atoms with E-state index in [4.69, 9.17) is 11.6 Å². The summed E-state index contributed by atoms with van der Waals surface area (Å²) in [7, 11) is 1.57. The van der Waals surface area contributed by atoms with E-state index >= 15 is 0 Å². The quantitative estimate of drug-likeness (QED) is 0.587. The molecule has 0 bridgehead atoms. The molecule has 3 aromatic rings. The number of carbonyl (C=O) groups excluding carboxylic acids is 2. The van der Waals surface area contributed by atoms with Gasteiger partial charge in [0, 0.05) is 27.8 Å². The lowest BCUT2D eigenvalue weighted by molar-refractivity contribution is -0.116. The zero-order chi connectivity index (χ0) is 20.3. The van der Waals surface area contributed by atoms with Crippen LogP contribution in [0.1, 0.15) is 16.1 Å². The minimum absolute atomic E-state index is 0.0797. The monoisotopic (exact) mass is 460 g/mol. The van der Waals surface area contributed by atoms with Crippen molar-refractivity contribution in [2.75, 3.05) is 18.9 Å². The van der Waals surface area contributed by atoms with Gasteiger partial charge in [0.15, 0.2) is 0 Å². The maximum Gasteiger partial charge on any atom is 0.272 e. The van der Waals surface area contributed by atoms with Crippen molar-refractivity contribution < 1.29 is 9.59 Å². The van der Waals surface area contributed by atoms with Crippen molar-refractivity contribution >= 4 is 45.0 Å². The summed E-state index contributed by atoms with van der Waals surface area (Å²) in [6, 6.07) is 14.4. The number of benzene rings is 2. The van der Waals surface area contributed by atoms with E-state index in [0.717, 1.165) is 15.6 Å². The van der Waals surface area contributed by atoms with Gasteiger partial charge in [-0.05, 0) is 48.9 Å². The summed E-state index contributed by atoms with van der Waals surface area (Å²) in [5.41, 5.74) is 3.41. The minimum atomic E-state index is -0.324. The van der Waals surface area contributed by atoms with Gasteiger partial charge in [-0.25, -0.2) is 0 Å². The van der Waals surface area contributed by atoms with E-state index in [-0.39, 0.29) is 18.4 Å². The third kappa shape index (κ3) is 4.79. The van der Waals surface area contributed by atoms with Crippen molar-refractivity contribution in [2.45, 2.75) is 6.92 Å². The molecule has 0 aliphatic rings. The lowest BCUT2D eigenvalue weighted by Gasteiger charge is -2.16. The number of halogens is 2. The molecule has 0 aliphatic heterocycles. The number of aromatic amines is 1. The molecule has 0 unspecified atom stereocenters. The number of carbonyl (C=O) groups is 2. The molecule has 8 heteroatoms. The topological polar surface area (TPSA) is 78.1 Å². The molecule has 2 aromatic carbocycles. The first-order valence-corrected chi connectivity index (χ1v) is 9.63. The highest BCUT2D eigenvalue weighted by Gasteiger charge is 2.18. The zero-order valence-electron chi connectivity index (χ0n) is 15.3. The van der Waals surface area contributed by atoms with Gasteiger partial charge in [-0.1, -0.05) is 39.7 Å². The Hall–Kier alpha value is -2.64. The number of aromatic nitrogens is 2. The summed E-state index contributed by atoms with van der Waals surface area (Å²) < 4.78 is 0.936. The number of likely N-dealkylation sites (N-methyl/N-ethyl adjacent to an activating group) is 1. The van der Waals surface area contributed by atoms with Crippen LogP contribution < -0.4 is 5.32 Å². The van der Waals surface area contributed by atoms with Gasteiger partial charge >= 0.3 is 0 Å². The standard InChI is InChI=1S/C20H18BrClN4O2/c1-12-9-14(21)5-8-16(12)23-19(27)11-26(2)20(28)18-10-17(24-25-18)13-3-6-15(22)7-4-13/h3-10H,11H2,1-2H3,(H,23,27)(H,24,25). The number of aryl methyl sites for hydroxylation is 1. The fourth-order valence-corrected chi connectivity index (χ4v) is 3.25. The van der Waals surface area contributed by atoms with Crippen LogP contribution in [0.2, 0.25) is 5.02 Å². The fraction of sp³-hybridized carbons (Fsp3) is 0.150. The van der Waals surface area contributed by atoms with E-state index in [2.05, 4.69) is 31.4 Å². The molecular formula is C20H18BrClN4O2. The van der Waals surface area contributed by atoms with Crippen molar-refractivity contribution in [1.82, 2.24) is 15.1 Å². The van der Waals surface area contributed by atoms with Crippen molar-refractivity contribution in [3.05, 3.63) is 69.3 Å². The van der Waals surface area contributed by atoms with Gasteiger partial charge < -0.3 is 10.2 Å². The first kappa shape index (κ1) is 20.1. The molecule has 1 heterocycles. The van der Waals surface area contributed by atoms with Gasteiger partial charge in [0.1, 0.15) is 5.69 Å². The molecule has 6 nitrogen and oxygen atoms in total. The van der Waals surface area contributed by atoms with Gasteiger partial charge in [0.25, 0.3) is 5.91 Å². The van der Waals surface area contributed by atoms with Crippen LogP contribution in [-0.4, -0.2) is 40.5 Å². The zero-order valence-corrected chi connectivity index (χ0v) is 17.6. The van der Waals surface area contributed by atoms with Crippen LogP contribution in [-0.2, 0) is 4.79 Å². The molecule has 0 aliphatic carbocycles. The minimum Gasteiger partial charge on any atom is -0.331 e. The molecule has 3 rings (SSSR count). The Morgan fingerprint density at radius 2 is 1.89 bits per heavy atom. The average Bonchev–Trinajstić information content (AvgIpc) is 3.14. The van der Waals surface area contributed by atoms with E-state index < -0.39 is 0 Å². The average molecular weight is 462 g/mol. The number of hydrogen-bond donors (Lipinski definition) is 2. The van der Waals surface area contributed by atoms with E-state index in [1.807, 2.05) is 37.3 Å². The molecule has 0 fully saturated rings. The van der Waals surface area contributed by atoms with E-state index in [0.29, 0.717) is 22.1 Å². The Morgan fingerprint density at radius 3 is 2.57 bits per heavy atom. The molecule has 0 saturated heterocycles. The number of amides is 2. The van der Waals surface area contributed by atoms with E-state index in [1.165, 1.54) is 4.90 Å². The highest BCUT2D eigenvalue weighted by molar-refractivity contribution is 9.10. The maximum atomic E-state index is 12.6. The van der Waals surface area contributed by atoms with E-state index in [1.54, 1.807) is 25.2 Å². The van der Waals surface area contributed by atoms with Crippen molar-refractivity contribution in [1.29, 1.82) is 0 Å². The van der Waals surface area contributed by atoms with Gasteiger partial charge in [0.05, 0.1) is 12.2 Å². The van der Waals surface area contributed by atoms with Crippen LogP contribution in [0.5, 0.6) is 0 Å². The van der Waals surface area contributed by atoms with Crippen molar-refractivity contribution in [3.63, 3.8) is 0 Å². The van der Waals surface area contributed by atoms with Crippen LogP contribution in [0, 0.1) is 6.92 Å². The SMILES string of the molecule is Cc1cc(Br)ccc1NC(=O)CN(C)C(=O)c1cc(-c2ccc(Cl)cc2)n[nH]1. The number of nitrogens with one attached hydrogen (secondary N) is 2. The lowest BCUT2D eigenvalue weighted by atomic mass is 10.1. The second-order valence-corrected chi connectivity index (χ2v) is 7.69. The third-order valence-electron chi connectivity index (χ3n) is 4.14. The number of H-pyrrole nitrogens is 1. The predicted molar refractivity (Wildman–Crippen MR) is 114 cm³/mol. The summed E-state index contributed by atoms with van der Waals surface area (Å²) in [4.78, 5) is 26.2. The van der Waals surface area contributed by atoms with Gasteiger partial charge in [-0.15, -0.1) is 0 Å². The molecule has 2 amide bonds. The maximum absolute atomic E-state index is 12.6. The summed E-state index contributed by atoms with van der Waals surface area (Å²) in [5.74, 6) is -0.603. The van der Waals surface area contributed by atoms with Gasteiger partial charge in [-0.2, -0.15) is 5.10 Å². The van der Waals surface area contributed by atoms with Crippen molar-refractivity contribution in [2.24, 2.45) is 0 Å². The Labute approximate surface area is 176 Å². The fourth-order valence-electron chi connectivity index (χ4n) is 2.65. The highest BCUT2D eigenvalue weighted by atomic mass is 79.9. The molecule has 28 heavy (non-hydrogen) atoms. The molecule has 0 saturated carbocycles. The first-order chi connectivity index (χ1) is 13.3. The molecule has 0 radical (unpaired) electrons. The molecular weight excluding hydrogens is 444 g/mol. The molecule has 144 valence electrons.